The molecule has 1 atom stereocenters. The number of halogens is 1. The SMILES string of the molecule is Cc1cc(Cl)ccc1OCC(=O)O[C@@H](C)C(=O)NC1CCCCC1. The molecule has 1 aliphatic carbocycles. The minimum Gasteiger partial charge on any atom is -0.482 e. The smallest absolute Gasteiger partial charge is 0.344 e. The first-order valence-corrected chi connectivity index (χ1v) is 8.72. The number of carbonyl (C=O) groups is 2. The highest BCUT2D eigenvalue weighted by molar-refractivity contribution is 6.30. The zero-order valence-corrected chi connectivity index (χ0v) is 14.9. The van der Waals surface area contributed by atoms with Crippen LogP contribution in [0.1, 0.15) is 44.6 Å². The van der Waals surface area contributed by atoms with Crippen LogP contribution < -0.4 is 10.1 Å². The van der Waals surface area contributed by atoms with Crippen LogP contribution in [0.2, 0.25) is 5.02 Å². The number of hydrogen-bond donors (Lipinski definition) is 1. The molecule has 132 valence electrons. The summed E-state index contributed by atoms with van der Waals surface area (Å²) in [5, 5.41) is 3.55. The Morgan fingerprint density at radius 3 is 2.67 bits per heavy atom. The second-order valence-electron chi connectivity index (χ2n) is 6.17. The molecule has 0 saturated heterocycles. The Morgan fingerprint density at radius 2 is 2.00 bits per heavy atom. The minimum absolute atomic E-state index is 0.195. The van der Waals surface area contributed by atoms with Crippen LogP contribution in [-0.2, 0) is 14.3 Å². The van der Waals surface area contributed by atoms with E-state index in [0.717, 1.165) is 31.2 Å². The van der Waals surface area contributed by atoms with Gasteiger partial charge in [-0.25, -0.2) is 4.79 Å². The number of hydrogen-bond acceptors (Lipinski definition) is 4. The molecule has 1 aromatic carbocycles. The molecule has 0 radical (unpaired) electrons. The van der Waals surface area contributed by atoms with Crippen LogP contribution in [-0.4, -0.2) is 30.6 Å². The lowest BCUT2D eigenvalue weighted by atomic mass is 9.95. The monoisotopic (exact) mass is 353 g/mol. The number of aryl methyl sites for hydroxylation is 1. The topological polar surface area (TPSA) is 64.6 Å². The van der Waals surface area contributed by atoms with Crippen molar-refractivity contribution in [2.75, 3.05) is 6.61 Å². The summed E-state index contributed by atoms with van der Waals surface area (Å²) in [5.74, 6) is -0.260. The molecule has 0 bridgehead atoms. The predicted octanol–water partition coefficient (Wildman–Crippen LogP) is 3.41. The molecule has 1 amide bonds. The van der Waals surface area contributed by atoms with Gasteiger partial charge in [-0.2, -0.15) is 0 Å². The Balaban J connectivity index is 1.75. The van der Waals surface area contributed by atoms with E-state index in [2.05, 4.69) is 5.32 Å². The Labute approximate surface area is 147 Å². The van der Waals surface area contributed by atoms with Gasteiger partial charge < -0.3 is 14.8 Å². The third-order valence-corrected chi connectivity index (χ3v) is 4.35. The van der Waals surface area contributed by atoms with Crippen molar-refractivity contribution in [3.8, 4) is 5.75 Å². The van der Waals surface area contributed by atoms with E-state index in [-0.39, 0.29) is 18.6 Å². The van der Waals surface area contributed by atoms with Crippen LogP contribution in [0.15, 0.2) is 18.2 Å². The van der Waals surface area contributed by atoms with E-state index in [4.69, 9.17) is 21.1 Å². The summed E-state index contributed by atoms with van der Waals surface area (Å²) >= 11 is 5.87. The molecule has 1 aromatic rings. The van der Waals surface area contributed by atoms with Gasteiger partial charge in [0.2, 0.25) is 0 Å². The molecule has 24 heavy (non-hydrogen) atoms. The summed E-state index contributed by atoms with van der Waals surface area (Å²) < 4.78 is 10.6. The van der Waals surface area contributed by atoms with E-state index in [1.165, 1.54) is 6.42 Å². The Bertz CT molecular complexity index is 584. The average molecular weight is 354 g/mol. The maximum Gasteiger partial charge on any atom is 0.344 e. The van der Waals surface area contributed by atoms with Gasteiger partial charge >= 0.3 is 5.97 Å². The van der Waals surface area contributed by atoms with Crippen LogP contribution >= 0.6 is 11.6 Å². The maximum atomic E-state index is 12.1. The Morgan fingerprint density at radius 1 is 1.29 bits per heavy atom. The highest BCUT2D eigenvalue weighted by Gasteiger charge is 2.22. The van der Waals surface area contributed by atoms with E-state index in [1.807, 2.05) is 6.92 Å². The van der Waals surface area contributed by atoms with E-state index in [0.29, 0.717) is 10.8 Å². The summed E-state index contributed by atoms with van der Waals surface area (Å²) in [7, 11) is 0. The van der Waals surface area contributed by atoms with Crippen LogP contribution in [0, 0.1) is 6.92 Å². The lowest BCUT2D eigenvalue weighted by Crippen LogP contribution is -2.43. The van der Waals surface area contributed by atoms with Gasteiger partial charge in [0.25, 0.3) is 5.91 Å². The summed E-state index contributed by atoms with van der Waals surface area (Å²) in [4.78, 5) is 23.9. The zero-order valence-electron chi connectivity index (χ0n) is 14.1. The van der Waals surface area contributed by atoms with Gasteiger partial charge in [0, 0.05) is 11.1 Å². The van der Waals surface area contributed by atoms with Crippen molar-refractivity contribution in [1.82, 2.24) is 5.32 Å². The molecule has 5 nitrogen and oxygen atoms in total. The normalized spacial score (nSPS) is 16.3. The van der Waals surface area contributed by atoms with Crippen molar-refractivity contribution >= 4 is 23.5 Å². The van der Waals surface area contributed by atoms with Crippen molar-refractivity contribution in [3.05, 3.63) is 28.8 Å². The summed E-state index contributed by atoms with van der Waals surface area (Å²) in [6.45, 7) is 3.17. The molecule has 6 heteroatoms. The molecule has 1 aliphatic rings. The summed E-state index contributed by atoms with van der Waals surface area (Å²) in [6.07, 6.45) is 4.64. The molecule has 0 aromatic heterocycles. The van der Waals surface area contributed by atoms with Gasteiger partial charge in [-0.1, -0.05) is 30.9 Å². The predicted molar refractivity (Wildman–Crippen MR) is 92.3 cm³/mol. The molecule has 0 heterocycles. The van der Waals surface area contributed by atoms with Crippen molar-refractivity contribution in [2.45, 2.75) is 58.1 Å². The first kappa shape index (κ1) is 18.6. The minimum atomic E-state index is -0.825. The lowest BCUT2D eigenvalue weighted by Gasteiger charge is -2.24. The van der Waals surface area contributed by atoms with E-state index in [1.54, 1.807) is 25.1 Å². The first-order chi connectivity index (χ1) is 11.5. The zero-order chi connectivity index (χ0) is 17.5. The van der Waals surface area contributed by atoms with Crippen LogP contribution in [0.5, 0.6) is 5.75 Å². The molecule has 1 fully saturated rings. The highest BCUT2D eigenvalue weighted by Crippen LogP contribution is 2.21. The van der Waals surface area contributed by atoms with E-state index >= 15 is 0 Å². The number of rotatable bonds is 6. The number of amides is 1. The lowest BCUT2D eigenvalue weighted by molar-refractivity contribution is -0.156. The second kappa shape index (κ2) is 8.92. The highest BCUT2D eigenvalue weighted by atomic mass is 35.5. The molecular formula is C18H24ClNO4. The number of benzene rings is 1. The van der Waals surface area contributed by atoms with E-state index < -0.39 is 12.1 Å². The summed E-state index contributed by atoms with van der Waals surface area (Å²) in [5.41, 5.74) is 0.832. The number of esters is 1. The van der Waals surface area contributed by atoms with Gasteiger partial charge in [0.05, 0.1) is 0 Å². The fourth-order valence-electron chi connectivity index (χ4n) is 2.76. The summed E-state index contributed by atoms with van der Waals surface area (Å²) in [6, 6.07) is 5.34. The van der Waals surface area contributed by atoms with Crippen LogP contribution in [0.3, 0.4) is 0 Å². The number of carbonyl (C=O) groups excluding carboxylic acids is 2. The fourth-order valence-corrected chi connectivity index (χ4v) is 2.99. The van der Waals surface area contributed by atoms with Gasteiger partial charge in [-0.3, -0.25) is 4.79 Å². The van der Waals surface area contributed by atoms with Crippen molar-refractivity contribution in [3.63, 3.8) is 0 Å². The van der Waals surface area contributed by atoms with Crippen molar-refractivity contribution in [1.29, 1.82) is 0 Å². The van der Waals surface area contributed by atoms with Gasteiger partial charge in [0.15, 0.2) is 12.7 Å². The quantitative estimate of drug-likeness (QED) is 0.796. The average Bonchev–Trinajstić information content (AvgIpc) is 2.55. The largest absolute Gasteiger partial charge is 0.482 e. The standard InChI is InChI=1S/C18H24ClNO4/c1-12-10-14(19)8-9-16(12)23-11-17(21)24-13(2)18(22)20-15-6-4-3-5-7-15/h8-10,13,15H,3-7,11H2,1-2H3,(H,20,22)/t13-/m0/s1. The molecule has 0 spiro atoms. The molecule has 1 N–H and O–H groups in total. The number of nitrogens with one attached hydrogen (secondary N) is 1. The van der Waals surface area contributed by atoms with Crippen LogP contribution in [0.4, 0.5) is 0 Å². The molecule has 1 saturated carbocycles. The van der Waals surface area contributed by atoms with Crippen molar-refractivity contribution in [2.24, 2.45) is 0 Å². The first-order valence-electron chi connectivity index (χ1n) is 8.34. The van der Waals surface area contributed by atoms with Gasteiger partial charge in [-0.05, 0) is 50.5 Å². The van der Waals surface area contributed by atoms with Crippen LogP contribution in [0.25, 0.3) is 0 Å². The third-order valence-electron chi connectivity index (χ3n) is 4.11. The van der Waals surface area contributed by atoms with E-state index in [9.17, 15) is 9.59 Å². The molecule has 0 aliphatic heterocycles. The third kappa shape index (κ3) is 5.71. The molecule has 0 unspecified atom stereocenters. The molecule has 2 rings (SSSR count). The number of ether oxygens (including phenoxy) is 2. The maximum absolute atomic E-state index is 12.1. The Kier molecular flexibility index (Phi) is 6.91. The van der Waals surface area contributed by atoms with Crippen molar-refractivity contribution < 1.29 is 19.1 Å². The second-order valence-corrected chi connectivity index (χ2v) is 6.61. The fraction of sp³-hybridized carbons (Fsp3) is 0.556. The van der Waals surface area contributed by atoms with Gasteiger partial charge in [0.1, 0.15) is 5.75 Å². The molecular weight excluding hydrogens is 330 g/mol. The van der Waals surface area contributed by atoms with Gasteiger partial charge in [-0.15, -0.1) is 0 Å². The Hall–Kier alpha value is -1.75.